The van der Waals surface area contributed by atoms with E-state index < -0.39 is 5.91 Å². The molecule has 1 amide bonds. The van der Waals surface area contributed by atoms with Gasteiger partial charge in [-0.1, -0.05) is 13.8 Å². The molecule has 0 unspecified atom stereocenters. The van der Waals surface area contributed by atoms with Crippen LogP contribution in [0.4, 0.5) is 0 Å². The summed E-state index contributed by atoms with van der Waals surface area (Å²) in [5, 5.41) is 0.147. The predicted molar refractivity (Wildman–Crippen MR) is 53.7 cm³/mol. The van der Waals surface area contributed by atoms with Gasteiger partial charge >= 0.3 is 12.1 Å². The van der Waals surface area contributed by atoms with Gasteiger partial charge in [-0.3, -0.25) is 9.69 Å². The number of nitrogens with zero attached hydrogens (tertiary/aromatic N) is 3. The lowest BCUT2D eigenvalue weighted by atomic mass is 10.0. The van der Waals surface area contributed by atoms with E-state index in [0.717, 1.165) is 6.21 Å². The molecule has 1 saturated heterocycles. The van der Waals surface area contributed by atoms with Crippen LogP contribution in [-0.2, 0) is 9.53 Å². The summed E-state index contributed by atoms with van der Waals surface area (Å²) in [5.74, 6) is -0.208. The zero-order valence-corrected chi connectivity index (χ0v) is 8.82. The molecule has 14 heavy (non-hydrogen) atoms. The van der Waals surface area contributed by atoms with E-state index in [4.69, 9.17) is 22.5 Å². The van der Waals surface area contributed by atoms with E-state index in [1.165, 1.54) is 4.90 Å². The number of thiocarbonyl (C=S) groups is 1. The minimum atomic E-state index is -0.450. The molecule has 1 atom stereocenters. The number of carbonyl (C=O) groups is 1. The summed E-state index contributed by atoms with van der Waals surface area (Å²) >= 11 is 4.87. The molecular formula is C8H11N3O2S. The SMILES string of the molecule is CC(C)[C@H]1COC(=S)N1C(=O)C=[N+]=[N-]. The van der Waals surface area contributed by atoms with E-state index in [1.54, 1.807) is 0 Å². The van der Waals surface area contributed by atoms with Crippen molar-refractivity contribution in [3.63, 3.8) is 0 Å². The molecule has 0 bridgehead atoms. The van der Waals surface area contributed by atoms with Gasteiger partial charge in [-0.15, -0.1) is 0 Å². The molecule has 1 fully saturated rings. The highest BCUT2D eigenvalue weighted by molar-refractivity contribution is 7.80. The van der Waals surface area contributed by atoms with Gasteiger partial charge in [0.15, 0.2) is 0 Å². The Bertz CT molecular complexity index is 310. The second-order valence-electron chi connectivity index (χ2n) is 3.34. The van der Waals surface area contributed by atoms with Crippen molar-refractivity contribution in [2.24, 2.45) is 5.92 Å². The molecule has 0 aromatic carbocycles. The largest absolute Gasteiger partial charge is 0.468 e. The van der Waals surface area contributed by atoms with Gasteiger partial charge in [-0.25, -0.2) is 0 Å². The molecule has 0 aliphatic carbocycles. The topological polar surface area (TPSA) is 65.9 Å². The maximum absolute atomic E-state index is 11.4. The molecule has 1 aliphatic heterocycles. The van der Waals surface area contributed by atoms with Crippen molar-refractivity contribution in [2.75, 3.05) is 6.61 Å². The second-order valence-corrected chi connectivity index (χ2v) is 3.69. The zero-order valence-electron chi connectivity index (χ0n) is 8.01. The first-order valence-corrected chi connectivity index (χ1v) is 4.66. The molecule has 0 spiro atoms. The van der Waals surface area contributed by atoms with E-state index in [2.05, 4.69) is 4.79 Å². The van der Waals surface area contributed by atoms with Crippen LogP contribution in [0.1, 0.15) is 13.8 Å². The maximum Gasteiger partial charge on any atom is 0.345 e. The Kier molecular flexibility index (Phi) is 3.33. The van der Waals surface area contributed by atoms with Crippen LogP contribution in [0.25, 0.3) is 5.53 Å². The van der Waals surface area contributed by atoms with Crippen LogP contribution in [0, 0.1) is 5.92 Å². The highest BCUT2D eigenvalue weighted by Crippen LogP contribution is 2.19. The van der Waals surface area contributed by atoms with Gasteiger partial charge in [-0.2, -0.15) is 4.79 Å². The Hall–Kier alpha value is -1.26. The molecule has 0 radical (unpaired) electrons. The molecule has 0 aromatic heterocycles. The first kappa shape index (κ1) is 10.8. The van der Waals surface area contributed by atoms with Crippen LogP contribution < -0.4 is 0 Å². The summed E-state index contributed by atoms with van der Waals surface area (Å²) in [6, 6.07) is -0.0759. The van der Waals surface area contributed by atoms with E-state index in [0.29, 0.717) is 6.61 Å². The molecule has 1 aliphatic rings. The molecule has 76 valence electrons. The maximum atomic E-state index is 11.4. The van der Waals surface area contributed by atoms with Gasteiger partial charge in [0.1, 0.15) is 6.61 Å². The molecule has 1 heterocycles. The van der Waals surface area contributed by atoms with E-state index in [9.17, 15) is 4.79 Å². The smallest absolute Gasteiger partial charge is 0.345 e. The number of ether oxygens (including phenoxy) is 1. The summed E-state index contributed by atoms with van der Waals surface area (Å²) in [6.07, 6.45) is 0.816. The summed E-state index contributed by atoms with van der Waals surface area (Å²) in [5.41, 5.74) is 8.25. The highest BCUT2D eigenvalue weighted by atomic mass is 32.1. The quantitative estimate of drug-likeness (QED) is 0.289. The van der Waals surface area contributed by atoms with Crippen LogP contribution in [0.2, 0.25) is 0 Å². The summed E-state index contributed by atoms with van der Waals surface area (Å²) < 4.78 is 5.10. The average Bonchev–Trinajstić information content (AvgIpc) is 2.47. The zero-order chi connectivity index (χ0) is 10.7. The molecule has 5 nitrogen and oxygen atoms in total. The third-order valence-electron chi connectivity index (χ3n) is 2.08. The van der Waals surface area contributed by atoms with Crippen molar-refractivity contribution >= 4 is 29.5 Å². The van der Waals surface area contributed by atoms with Crippen molar-refractivity contribution in [2.45, 2.75) is 19.9 Å². The van der Waals surface area contributed by atoms with Gasteiger partial charge in [-0.05, 0) is 18.1 Å². The van der Waals surface area contributed by atoms with Crippen LogP contribution in [0.5, 0.6) is 0 Å². The normalized spacial score (nSPS) is 20.6. The molecule has 0 N–H and O–H groups in total. The van der Waals surface area contributed by atoms with Crippen molar-refractivity contribution in [1.29, 1.82) is 0 Å². The second kappa shape index (κ2) is 4.30. The fourth-order valence-electron chi connectivity index (χ4n) is 1.29. The molecule has 6 heteroatoms. The van der Waals surface area contributed by atoms with Gasteiger partial charge in [0.25, 0.3) is 5.17 Å². The lowest BCUT2D eigenvalue weighted by Crippen LogP contribution is -2.42. The molecule has 0 saturated carbocycles. The van der Waals surface area contributed by atoms with Crippen molar-refractivity contribution < 1.29 is 14.3 Å². The third-order valence-corrected chi connectivity index (χ3v) is 2.40. The third kappa shape index (κ3) is 1.97. The van der Waals surface area contributed by atoms with Gasteiger partial charge < -0.3 is 10.3 Å². The first-order valence-electron chi connectivity index (χ1n) is 4.25. The van der Waals surface area contributed by atoms with Gasteiger partial charge in [0.2, 0.25) is 0 Å². The van der Waals surface area contributed by atoms with Crippen LogP contribution in [-0.4, -0.2) is 39.6 Å². The summed E-state index contributed by atoms with van der Waals surface area (Å²) in [7, 11) is 0. The number of amides is 1. The Morgan fingerprint density at radius 1 is 1.86 bits per heavy atom. The monoisotopic (exact) mass is 213 g/mol. The van der Waals surface area contributed by atoms with Crippen molar-refractivity contribution in [3.05, 3.63) is 5.53 Å². The fourth-order valence-corrected chi connectivity index (χ4v) is 1.59. The Labute approximate surface area is 87.3 Å². The Balaban J connectivity index is 2.86. The van der Waals surface area contributed by atoms with E-state index >= 15 is 0 Å². The van der Waals surface area contributed by atoms with Crippen molar-refractivity contribution in [3.8, 4) is 0 Å². The minimum Gasteiger partial charge on any atom is -0.468 e. The summed E-state index contributed by atoms with van der Waals surface area (Å²) in [4.78, 5) is 15.4. The summed E-state index contributed by atoms with van der Waals surface area (Å²) in [6.45, 7) is 4.35. The Morgan fingerprint density at radius 2 is 2.50 bits per heavy atom. The number of carbonyl (C=O) groups excluding carboxylic acids is 1. The van der Waals surface area contributed by atoms with Crippen LogP contribution in [0.3, 0.4) is 0 Å². The average molecular weight is 213 g/mol. The Morgan fingerprint density at radius 3 is 3.00 bits per heavy atom. The van der Waals surface area contributed by atoms with Crippen molar-refractivity contribution in [1.82, 2.24) is 4.90 Å². The lowest BCUT2D eigenvalue weighted by Gasteiger charge is -2.20. The first-order chi connectivity index (χ1) is 6.57. The number of rotatable bonds is 2. The van der Waals surface area contributed by atoms with Gasteiger partial charge in [0, 0.05) is 0 Å². The molecule has 1 rings (SSSR count). The fraction of sp³-hybridized carbons (Fsp3) is 0.625. The van der Waals surface area contributed by atoms with Gasteiger partial charge in [0.05, 0.1) is 6.04 Å². The minimum absolute atomic E-state index is 0.0759. The number of hydrogen-bond donors (Lipinski definition) is 0. The lowest BCUT2D eigenvalue weighted by molar-refractivity contribution is -0.125. The molecule has 0 aromatic rings. The van der Waals surface area contributed by atoms with E-state index in [1.807, 2.05) is 13.8 Å². The predicted octanol–water partition coefficient (Wildman–Crippen LogP) is 0.455. The van der Waals surface area contributed by atoms with Crippen LogP contribution >= 0.6 is 12.2 Å². The number of hydrogen-bond acceptors (Lipinski definition) is 3. The van der Waals surface area contributed by atoms with Crippen LogP contribution in [0.15, 0.2) is 0 Å². The standard InChI is InChI=1S/C8H11N3O2S/c1-5(2)6-4-13-8(14)11(6)7(12)3-10-9/h3,5-6H,4H2,1-2H3/t6-/m1/s1. The highest BCUT2D eigenvalue weighted by Gasteiger charge is 2.37. The van der Waals surface area contributed by atoms with E-state index in [-0.39, 0.29) is 17.1 Å². The molecular weight excluding hydrogens is 202 g/mol.